The lowest BCUT2D eigenvalue weighted by molar-refractivity contribution is 0.195. The Bertz CT molecular complexity index is 901. The summed E-state index contributed by atoms with van der Waals surface area (Å²) in [6, 6.07) is 7.58. The van der Waals surface area contributed by atoms with Gasteiger partial charge in [-0.15, -0.1) is 11.3 Å². The number of aryl methyl sites for hydroxylation is 2. The highest BCUT2D eigenvalue weighted by Gasteiger charge is 2.32. The van der Waals surface area contributed by atoms with Crippen LogP contribution in [0.4, 0.5) is 10.5 Å². The number of aromatic nitrogens is 2. The summed E-state index contributed by atoms with van der Waals surface area (Å²) in [6.07, 6.45) is 1.86. The van der Waals surface area contributed by atoms with Crippen LogP contribution < -0.4 is 5.32 Å². The Hall–Kier alpha value is -2.41. The van der Waals surface area contributed by atoms with Crippen molar-refractivity contribution in [3.8, 4) is 0 Å². The molecule has 0 unspecified atom stereocenters. The molecule has 1 aliphatic rings. The van der Waals surface area contributed by atoms with E-state index in [1.807, 2.05) is 43.0 Å². The molecule has 7 heteroatoms. The van der Waals surface area contributed by atoms with Gasteiger partial charge in [0.15, 0.2) is 5.76 Å². The van der Waals surface area contributed by atoms with Crippen LogP contribution in [0.15, 0.2) is 28.8 Å². The van der Waals surface area contributed by atoms with Crippen molar-refractivity contribution >= 4 is 33.3 Å². The van der Waals surface area contributed by atoms with Gasteiger partial charge < -0.3 is 14.7 Å². The lowest BCUT2D eigenvalue weighted by Crippen LogP contribution is -2.34. The van der Waals surface area contributed by atoms with E-state index in [0.717, 1.165) is 45.2 Å². The number of rotatable bonds is 2. The highest BCUT2D eigenvalue weighted by molar-refractivity contribution is 7.18. The van der Waals surface area contributed by atoms with Gasteiger partial charge >= 0.3 is 6.03 Å². The fraction of sp³-hybridized carbons (Fsp3) is 0.353. The molecule has 24 heavy (non-hydrogen) atoms. The van der Waals surface area contributed by atoms with E-state index in [1.54, 1.807) is 11.3 Å². The number of nitrogens with one attached hydrogen (secondary N) is 1. The number of amides is 2. The largest absolute Gasteiger partial charge is 0.359 e. The molecule has 1 fully saturated rings. The first-order valence-electron chi connectivity index (χ1n) is 7.98. The number of hydrogen-bond acceptors (Lipinski definition) is 5. The van der Waals surface area contributed by atoms with Crippen LogP contribution in [0.2, 0.25) is 0 Å². The van der Waals surface area contributed by atoms with Gasteiger partial charge in [-0.2, -0.15) is 0 Å². The van der Waals surface area contributed by atoms with Crippen LogP contribution in [0.5, 0.6) is 0 Å². The number of fused-ring (bicyclic) bond motifs is 1. The molecular formula is C17H18N4O2S. The first-order chi connectivity index (χ1) is 11.6. The molecule has 0 bridgehead atoms. The van der Waals surface area contributed by atoms with E-state index in [1.165, 1.54) is 0 Å². The molecule has 0 spiro atoms. The van der Waals surface area contributed by atoms with Crippen LogP contribution in [-0.4, -0.2) is 27.6 Å². The number of anilines is 1. The number of carbonyl (C=O) groups excluding carboxylic acids is 1. The van der Waals surface area contributed by atoms with Crippen molar-refractivity contribution in [1.29, 1.82) is 0 Å². The molecule has 124 valence electrons. The van der Waals surface area contributed by atoms with E-state index in [4.69, 9.17) is 4.52 Å². The van der Waals surface area contributed by atoms with Gasteiger partial charge in [0.1, 0.15) is 0 Å². The Morgan fingerprint density at radius 1 is 1.38 bits per heavy atom. The van der Waals surface area contributed by atoms with Gasteiger partial charge in [-0.1, -0.05) is 5.16 Å². The molecule has 0 radical (unpaired) electrons. The van der Waals surface area contributed by atoms with Crippen molar-refractivity contribution in [3.05, 3.63) is 40.7 Å². The molecule has 1 atom stereocenters. The lowest BCUT2D eigenvalue weighted by Gasteiger charge is -2.23. The highest BCUT2D eigenvalue weighted by Crippen LogP contribution is 2.33. The molecule has 1 aromatic carbocycles. The number of nitrogens with zero attached hydrogens (tertiary/aromatic N) is 3. The highest BCUT2D eigenvalue weighted by atomic mass is 32.1. The standard InChI is InChI=1S/C17H18N4O2S/c1-10-8-15(23-20-10)14-4-3-7-21(14)17(22)19-12-5-6-16-13(9-12)18-11(2)24-16/h5-6,8-9,14H,3-4,7H2,1-2H3,(H,19,22)/t14-/m1/s1. The van der Waals surface area contributed by atoms with Gasteiger partial charge in [0.05, 0.1) is 27.0 Å². The van der Waals surface area contributed by atoms with Gasteiger partial charge in [-0.05, 0) is 44.9 Å². The Morgan fingerprint density at radius 3 is 3.04 bits per heavy atom. The molecule has 3 heterocycles. The molecule has 1 N–H and O–H groups in total. The molecule has 3 aromatic rings. The second kappa shape index (κ2) is 5.90. The Labute approximate surface area is 143 Å². The summed E-state index contributed by atoms with van der Waals surface area (Å²) in [4.78, 5) is 19.0. The maximum atomic E-state index is 12.7. The lowest BCUT2D eigenvalue weighted by atomic mass is 10.1. The number of hydrogen-bond donors (Lipinski definition) is 1. The summed E-state index contributed by atoms with van der Waals surface area (Å²) >= 11 is 1.65. The zero-order chi connectivity index (χ0) is 16.7. The fourth-order valence-electron chi connectivity index (χ4n) is 3.16. The van der Waals surface area contributed by atoms with E-state index in [-0.39, 0.29) is 12.1 Å². The molecule has 4 rings (SSSR count). The van der Waals surface area contributed by atoms with Gasteiger partial charge in [-0.25, -0.2) is 9.78 Å². The van der Waals surface area contributed by atoms with E-state index >= 15 is 0 Å². The van der Waals surface area contributed by atoms with Crippen molar-refractivity contribution < 1.29 is 9.32 Å². The van der Waals surface area contributed by atoms with Crippen molar-refractivity contribution in [2.75, 3.05) is 11.9 Å². The predicted molar refractivity (Wildman–Crippen MR) is 93.3 cm³/mol. The summed E-state index contributed by atoms with van der Waals surface area (Å²) in [7, 11) is 0. The average Bonchev–Trinajstić information content (AvgIpc) is 3.24. The zero-order valence-corrected chi connectivity index (χ0v) is 14.4. The number of urea groups is 1. The quantitative estimate of drug-likeness (QED) is 0.755. The van der Waals surface area contributed by atoms with Gasteiger partial charge in [0.25, 0.3) is 0 Å². The normalized spacial score (nSPS) is 17.6. The summed E-state index contributed by atoms with van der Waals surface area (Å²) in [6.45, 7) is 4.59. The summed E-state index contributed by atoms with van der Waals surface area (Å²) in [5.41, 5.74) is 2.51. The third-order valence-corrected chi connectivity index (χ3v) is 5.19. The van der Waals surface area contributed by atoms with Crippen molar-refractivity contribution in [2.45, 2.75) is 32.7 Å². The second-order valence-electron chi connectivity index (χ2n) is 6.07. The number of likely N-dealkylation sites (tertiary alicyclic amines) is 1. The first-order valence-corrected chi connectivity index (χ1v) is 8.80. The molecule has 0 aliphatic carbocycles. The van der Waals surface area contributed by atoms with Crippen LogP contribution in [0.1, 0.15) is 35.3 Å². The molecule has 0 saturated carbocycles. The monoisotopic (exact) mass is 342 g/mol. The zero-order valence-electron chi connectivity index (χ0n) is 13.6. The van der Waals surface area contributed by atoms with Crippen LogP contribution in [0.25, 0.3) is 10.2 Å². The van der Waals surface area contributed by atoms with Gasteiger partial charge in [0.2, 0.25) is 0 Å². The smallest absolute Gasteiger partial charge is 0.322 e. The minimum Gasteiger partial charge on any atom is -0.359 e. The third kappa shape index (κ3) is 2.75. The topological polar surface area (TPSA) is 71.3 Å². The van der Waals surface area contributed by atoms with Crippen LogP contribution in [0, 0.1) is 13.8 Å². The van der Waals surface area contributed by atoms with Crippen LogP contribution in [-0.2, 0) is 0 Å². The van der Waals surface area contributed by atoms with E-state index in [0.29, 0.717) is 6.54 Å². The van der Waals surface area contributed by atoms with Gasteiger partial charge in [0, 0.05) is 18.3 Å². The Kier molecular flexibility index (Phi) is 3.72. The molecule has 1 saturated heterocycles. The van der Waals surface area contributed by atoms with E-state index in [9.17, 15) is 4.79 Å². The van der Waals surface area contributed by atoms with E-state index in [2.05, 4.69) is 15.5 Å². The average molecular weight is 342 g/mol. The number of benzene rings is 1. The number of thiazole rings is 1. The maximum Gasteiger partial charge on any atom is 0.322 e. The first kappa shape index (κ1) is 15.1. The van der Waals surface area contributed by atoms with E-state index < -0.39 is 0 Å². The maximum absolute atomic E-state index is 12.7. The summed E-state index contributed by atoms with van der Waals surface area (Å²) < 4.78 is 6.49. The summed E-state index contributed by atoms with van der Waals surface area (Å²) in [5, 5.41) is 7.94. The molecule has 2 aromatic heterocycles. The summed E-state index contributed by atoms with van der Waals surface area (Å²) in [5.74, 6) is 0.755. The predicted octanol–water partition coefficient (Wildman–Crippen LogP) is 4.27. The van der Waals surface area contributed by atoms with Crippen LogP contribution >= 0.6 is 11.3 Å². The number of carbonyl (C=O) groups is 1. The molecule has 1 aliphatic heterocycles. The SMILES string of the molecule is Cc1cc([C@H]2CCCN2C(=O)Nc2ccc3sc(C)nc3c2)on1. The minimum absolute atomic E-state index is 0.0450. The van der Waals surface area contributed by atoms with Crippen molar-refractivity contribution in [2.24, 2.45) is 0 Å². The Balaban J connectivity index is 1.53. The Morgan fingerprint density at radius 2 is 2.25 bits per heavy atom. The molecular weight excluding hydrogens is 324 g/mol. The van der Waals surface area contributed by atoms with Gasteiger partial charge in [-0.3, -0.25) is 0 Å². The van der Waals surface area contributed by atoms with Crippen molar-refractivity contribution in [1.82, 2.24) is 15.0 Å². The minimum atomic E-state index is -0.113. The second-order valence-corrected chi connectivity index (χ2v) is 7.30. The molecule has 2 amide bonds. The fourth-order valence-corrected chi connectivity index (χ4v) is 3.97. The third-order valence-electron chi connectivity index (χ3n) is 4.23. The molecule has 6 nitrogen and oxygen atoms in total. The van der Waals surface area contributed by atoms with Crippen molar-refractivity contribution in [3.63, 3.8) is 0 Å². The van der Waals surface area contributed by atoms with Crippen LogP contribution in [0.3, 0.4) is 0 Å².